The van der Waals surface area contributed by atoms with Crippen molar-refractivity contribution in [2.75, 3.05) is 33.0 Å². The molecule has 0 heterocycles. The number of carboxylic acid groups (broad SMARTS) is 2. The van der Waals surface area contributed by atoms with E-state index in [9.17, 15) is 19.2 Å². The van der Waals surface area contributed by atoms with Crippen LogP contribution < -0.4 is 5.32 Å². The molecule has 0 aliphatic carbocycles. The van der Waals surface area contributed by atoms with E-state index in [2.05, 4.69) is 70.0 Å². The zero-order chi connectivity index (χ0) is 30.2. The molecule has 0 aliphatic rings. The number of carboxylic acids is 2. The van der Waals surface area contributed by atoms with E-state index in [-0.39, 0.29) is 116 Å². The Labute approximate surface area is 304 Å². The average molecular weight is 774 g/mol. The summed E-state index contributed by atoms with van der Waals surface area (Å²) in [5.41, 5.74) is 1.19. The Bertz CT molecular complexity index is 617. The third kappa shape index (κ3) is 67.8. The maximum atomic E-state index is 10.5. The molecule has 0 aromatic heterocycles. The Morgan fingerprint density at radius 2 is 1.13 bits per heavy atom. The Morgan fingerprint density at radius 3 is 1.23 bits per heavy atom. The first-order valence-electron chi connectivity index (χ1n) is 11.6. The van der Waals surface area contributed by atoms with Crippen molar-refractivity contribution in [3.05, 3.63) is 50.3 Å². The number of ketones is 2. The van der Waals surface area contributed by atoms with Gasteiger partial charge in [-0.05, 0) is 33.4 Å². The molecule has 0 bridgehead atoms. The van der Waals surface area contributed by atoms with Crippen LogP contribution in [0.25, 0.3) is 0 Å². The standard InChI is InChI=1S/C8H19NO2Si.2C5H7O.C4H13NSi.C4H6O2.V.2Y/c1-7(8(10)11)5-9(2)6-12(3)4;2*1-4(2)5(3)6;1-5-4-6(2)3;1-3(2)4(5)6;;;/h7,12H,5-6H2,1-4H3,(H,10,11);2*1,3H2,2H3;5-6H,4H2,1-3H3;1H2,2H3,(H,5,6);;;/q;2*-1;;;;;. The molecule has 13 heteroatoms. The van der Waals surface area contributed by atoms with Crippen molar-refractivity contribution in [1.29, 1.82) is 0 Å². The van der Waals surface area contributed by atoms with Gasteiger partial charge in [-0.2, -0.15) is 38.2 Å². The minimum Gasteiger partial charge on any atom is -0.481 e. The van der Waals surface area contributed by atoms with E-state index in [1.165, 1.54) is 13.1 Å². The number of hydrogen-bond acceptors (Lipinski definition) is 6. The van der Waals surface area contributed by atoms with Crippen molar-refractivity contribution in [2.24, 2.45) is 5.92 Å². The molecule has 0 aliphatic heterocycles. The van der Waals surface area contributed by atoms with Crippen LogP contribution in [0.3, 0.4) is 0 Å². The van der Waals surface area contributed by atoms with Crippen molar-refractivity contribution >= 4 is 41.1 Å². The van der Waals surface area contributed by atoms with Crippen LogP contribution in [0.15, 0.2) is 36.5 Å². The summed E-state index contributed by atoms with van der Waals surface area (Å²) in [6.45, 7) is 32.4. The van der Waals surface area contributed by atoms with Crippen molar-refractivity contribution < 1.29 is 113 Å². The molecule has 39 heavy (non-hydrogen) atoms. The van der Waals surface area contributed by atoms with Crippen LogP contribution in [0.4, 0.5) is 0 Å². The molecule has 0 spiro atoms. The van der Waals surface area contributed by atoms with E-state index < -0.39 is 20.7 Å². The zero-order valence-corrected chi connectivity index (χ0v) is 35.3. The molecule has 0 aromatic carbocycles. The number of carbonyl (C=O) groups excluding carboxylic acids is 2. The van der Waals surface area contributed by atoms with Gasteiger partial charge in [0.2, 0.25) is 0 Å². The first-order valence-corrected chi connectivity index (χ1v) is 17.9. The summed E-state index contributed by atoms with van der Waals surface area (Å²) in [5, 5.41) is 19.7. The van der Waals surface area contributed by atoms with Crippen LogP contribution in [-0.4, -0.2) is 89.2 Å². The van der Waals surface area contributed by atoms with Gasteiger partial charge >= 0.3 is 11.9 Å². The quantitative estimate of drug-likeness (QED) is 0.175. The predicted molar refractivity (Wildman–Crippen MR) is 159 cm³/mol. The van der Waals surface area contributed by atoms with E-state index in [0.29, 0.717) is 17.7 Å². The molecule has 3 radical (unpaired) electrons. The number of carbonyl (C=O) groups is 4. The summed E-state index contributed by atoms with van der Waals surface area (Å²) in [7, 11) is 3.13. The summed E-state index contributed by atoms with van der Waals surface area (Å²) in [6.07, 6.45) is 2.36. The van der Waals surface area contributed by atoms with Crippen LogP contribution in [0, 0.1) is 19.8 Å². The van der Waals surface area contributed by atoms with Gasteiger partial charge in [-0.25, -0.2) is 4.79 Å². The first kappa shape index (κ1) is 58.9. The SMILES string of the molecule is C=C(C)C(=O)O.C=C(C)C([CH2-])=O.C=C(C)C([CH2-])=O.CC(CN(C)C[SiH](C)C)C(=O)O.CNC[SiH](C)C.[V].[Y].[Y]. The van der Waals surface area contributed by atoms with Gasteiger partial charge in [-0.1, -0.05) is 39.7 Å². The monoisotopic (exact) mass is 773 g/mol. The fourth-order valence-corrected chi connectivity index (χ4v) is 3.86. The Kier molecular flexibility index (Phi) is 58.0. The predicted octanol–water partition coefficient (Wildman–Crippen LogP) is 3.47. The molecule has 3 N–H and O–H groups in total. The summed E-state index contributed by atoms with van der Waals surface area (Å²) < 4.78 is 0. The van der Waals surface area contributed by atoms with Crippen LogP contribution in [0.5, 0.6) is 0 Å². The minimum atomic E-state index is -0.935. The van der Waals surface area contributed by atoms with Gasteiger partial charge in [0.1, 0.15) is 0 Å². The van der Waals surface area contributed by atoms with Gasteiger partial charge in [-0.15, -0.1) is 13.8 Å². The number of rotatable bonds is 10. The summed E-state index contributed by atoms with van der Waals surface area (Å²) in [5.74, 6) is -2.25. The molecular formula is C26H52N2O6Si2VY2-2. The zero-order valence-electron chi connectivity index (χ0n) is 26.0. The molecule has 0 saturated heterocycles. The number of hydrogen-bond donors (Lipinski definition) is 3. The minimum absolute atomic E-state index is 0. The Balaban J connectivity index is -0.0000000524. The molecule has 1 atom stereocenters. The van der Waals surface area contributed by atoms with Crippen LogP contribution in [0.2, 0.25) is 26.2 Å². The number of nitrogens with one attached hydrogen (secondary N) is 1. The molecule has 223 valence electrons. The van der Waals surface area contributed by atoms with Crippen molar-refractivity contribution in [3.63, 3.8) is 0 Å². The van der Waals surface area contributed by atoms with Crippen molar-refractivity contribution in [3.8, 4) is 0 Å². The molecule has 0 aromatic rings. The van der Waals surface area contributed by atoms with Gasteiger partial charge in [-0.3, -0.25) is 4.79 Å². The first-order chi connectivity index (χ1) is 16.1. The number of nitrogens with zero attached hydrogens (tertiary/aromatic N) is 1. The average Bonchev–Trinajstić information content (AvgIpc) is 2.68. The number of allylic oxidation sites excluding steroid dienone is 2. The van der Waals surface area contributed by atoms with E-state index in [0.717, 1.165) is 6.17 Å². The molecule has 0 rings (SSSR count). The van der Waals surface area contributed by atoms with Crippen LogP contribution in [0.1, 0.15) is 27.7 Å². The second-order valence-electron chi connectivity index (χ2n) is 9.30. The second-order valence-corrected chi connectivity index (χ2v) is 15.6. The normalized spacial score (nSPS) is 9.26. The summed E-state index contributed by atoms with van der Waals surface area (Å²) >= 11 is 0. The van der Waals surface area contributed by atoms with Crippen molar-refractivity contribution in [2.45, 2.75) is 53.9 Å². The molecule has 0 saturated carbocycles. The van der Waals surface area contributed by atoms with E-state index in [1.807, 2.05) is 14.1 Å². The molecule has 0 fully saturated rings. The summed E-state index contributed by atoms with van der Waals surface area (Å²) in [4.78, 5) is 42.1. The molecule has 1 unspecified atom stereocenters. The van der Waals surface area contributed by atoms with Gasteiger partial charge < -0.3 is 30.0 Å². The molecule has 8 nitrogen and oxygen atoms in total. The number of aliphatic carboxylic acids is 2. The van der Waals surface area contributed by atoms with Crippen LogP contribution in [-0.2, 0) is 103 Å². The van der Waals surface area contributed by atoms with Gasteiger partial charge in [0, 0.05) is 125 Å². The third-order valence-electron chi connectivity index (χ3n) is 3.61. The topological polar surface area (TPSA) is 124 Å². The van der Waals surface area contributed by atoms with E-state index >= 15 is 0 Å². The number of Topliss-reactive ketones (excluding diaryl/α,β-unsaturated/α-hetero) is 2. The largest absolute Gasteiger partial charge is 0.481 e. The second kappa shape index (κ2) is 38.4. The van der Waals surface area contributed by atoms with Crippen LogP contribution >= 0.6 is 0 Å². The Morgan fingerprint density at radius 1 is 0.846 bits per heavy atom. The fraction of sp³-hybridized carbons (Fsp3) is 0.538. The maximum absolute atomic E-state index is 10.5. The molecular weight excluding hydrogens is 721 g/mol. The van der Waals surface area contributed by atoms with Gasteiger partial charge in [0.05, 0.1) is 5.92 Å². The fourth-order valence-electron chi connectivity index (χ4n) is 1.65. The molecule has 0 amide bonds. The van der Waals surface area contributed by atoms with Crippen molar-refractivity contribution in [1.82, 2.24) is 10.2 Å². The van der Waals surface area contributed by atoms with E-state index in [1.54, 1.807) is 20.8 Å². The smallest absolute Gasteiger partial charge is 0.330 e. The van der Waals surface area contributed by atoms with Gasteiger partial charge in [0.15, 0.2) is 0 Å². The van der Waals surface area contributed by atoms with Gasteiger partial charge in [0.25, 0.3) is 0 Å². The van der Waals surface area contributed by atoms with E-state index in [4.69, 9.17) is 10.2 Å². The third-order valence-corrected chi connectivity index (χ3v) is 6.19. The summed E-state index contributed by atoms with van der Waals surface area (Å²) in [6, 6.07) is 0. The Hall–Kier alpha value is 0.386. The maximum Gasteiger partial charge on any atom is 0.330 e.